The number of carboxylic acids is 1. The van der Waals surface area contributed by atoms with E-state index in [1.807, 2.05) is 0 Å². The SMILES string of the molecule is NC1=NCC(C[C@H](O)CCC[C@H]([NH3+])[C@H]([NH3+])C(=O)[O-])N1. The molecule has 4 atom stereocenters. The van der Waals surface area contributed by atoms with Crippen LogP contribution in [0.15, 0.2) is 4.99 Å². The van der Waals surface area contributed by atoms with Crippen molar-refractivity contribution in [2.24, 2.45) is 10.7 Å². The van der Waals surface area contributed by atoms with Crippen molar-refractivity contribution in [2.75, 3.05) is 6.54 Å². The first-order valence-corrected chi connectivity index (χ1v) is 6.51. The van der Waals surface area contributed by atoms with Crippen LogP contribution in [-0.4, -0.2) is 47.8 Å². The van der Waals surface area contributed by atoms with Crippen LogP contribution in [0.5, 0.6) is 0 Å². The molecule has 0 aliphatic carbocycles. The number of guanidine groups is 1. The van der Waals surface area contributed by atoms with Gasteiger partial charge >= 0.3 is 0 Å². The molecule has 0 amide bonds. The van der Waals surface area contributed by atoms with Gasteiger partial charge in [-0.25, -0.2) is 0 Å². The van der Waals surface area contributed by atoms with Gasteiger partial charge < -0.3 is 37.5 Å². The van der Waals surface area contributed by atoms with Crippen LogP contribution in [0, 0.1) is 0 Å². The van der Waals surface area contributed by atoms with Gasteiger partial charge in [-0.05, 0) is 19.3 Å². The monoisotopic (exact) mass is 274 g/mol. The average Bonchev–Trinajstić information content (AvgIpc) is 2.73. The highest BCUT2D eigenvalue weighted by molar-refractivity contribution is 5.79. The highest BCUT2D eigenvalue weighted by Crippen LogP contribution is 2.10. The Hall–Kier alpha value is -1.38. The van der Waals surface area contributed by atoms with Gasteiger partial charge in [-0.1, -0.05) is 0 Å². The smallest absolute Gasteiger partial charge is 0.188 e. The number of aliphatic hydroxyl groups is 1. The fraction of sp³-hybridized carbons (Fsp3) is 0.818. The molecule has 1 rings (SSSR count). The summed E-state index contributed by atoms with van der Waals surface area (Å²) in [5.74, 6) is -0.757. The predicted octanol–water partition coefficient (Wildman–Crippen LogP) is -4.83. The standard InChI is InChI=1S/C11H23N5O3/c12-8(9(13)10(18)19)3-1-2-7(17)4-6-5-15-11(14)16-6/h6-9,17H,1-5,12-13H2,(H,18,19)(H3,14,15,16)/p+1/t6?,7-,8+,9+/m1/s1. The van der Waals surface area contributed by atoms with E-state index in [0.29, 0.717) is 38.2 Å². The molecule has 110 valence electrons. The summed E-state index contributed by atoms with van der Waals surface area (Å²) in [6, 6.07) is -1.00. The van der Waals surface area contributed by atoms with Crippen molar-refractivity contribution in [2.45, 2.75) is 49.9 Å². The van der Waals surface area contributed by atoms with Crippen LogP contribution in [0.1, 0.15) is 25.7 Å². The van der Waals surface area contributed by atoms with Crippen molar-refractivity contribution in [1.29, 1.82) is 0 Å². The van der Waals surface area contributed by atoms with Crippen molar-refractivity contribution in [3.05, 3.63) is 0 Å². The van der Waals surface area contributed by atoms with Crippen molar-refractivity contribution < 1.29 is 26.5 Å². The first kappa shape index (κ1) is 15.7. The minimum absolute atomic E-state index is 0.0920. The molecular formula is C11H24N5O3+. The third-order valence-electron chi connectivity index (χ3n) is 3.37. The molecule has 0 saturated carbocycles. The molecule has 0 aromatic rings. The van der Waals surface area contributed by atoms with Gasteiger partial charge in [0.1, 0.15) is 12.0 Å². The number of carbonyl (C=O) groups excluding carboxylic acids is 1. The van der Waals surface area contributed by atoms with Gasteiger partial charge in [0.2, 0.25) is 0 Å². The quantitative estimate of drug-likeness (QED) is 0.299. The second-order valence-corrected chi connectivity index (χ2v) is 5.07. The van der Waals surface area contributed by atoms with Crippen LogP contribution in [0.4, 0.5) is 0 Å². The molecule has 0 aromatic carbocycles. The average molecular weight is 274 g/mol. The van der Waals surface area contributed by atoms with Crippen LogP contribution < -0.4 is 27.6 Å². The number of aliphatic hydroxyl groups excluding tert-OH is 1. The second kappa shape index (κ2) is 7.27. The van der Waals surface area contributed by atoms with Crippen LogP contribution in [-0.2, 0) is 4.79 Å². The number of carbonyl (C=O) groups is 1. The van der Waals surface area contributed by atoms with E-state index in [0.717, 1.165) is 0 Å². The number of quaternary nitrogens is 2. The molecule has 8 nitrogen and oxygen atoms in total. The molecule has 1 aliphatic heterocycles. The molecule has 0 aromatic heterocycles. The molecule has 0 fully saturated rings. The zero-order valence-corrected chi connectivity index (χ0v) is 11.0. The third kappa shape index (κ3) is 5.41. The molecule has 8 heteroatoms. The molecule has 10 N–H and O–H groups in total. The number of nitrogens with zero attached hydrogens (tertiary/aromatic N) is 1. The Morgan fingerprint density at radius 2 is 2.26 bits per heavy atom. The summed E-state index contributed by atoms with van der Waals surface area (Å²) in [6.07, 6.45) is 2.05. The first-order valence-electron chi connectivity index (χ1n) is 6.51. The number of nitrogens with two attached hydrogens (primary N) is 1. The van der Waals surface area contributed by atoms with Crippen molar-refractivity contribution in [1.82, 2.24) is 5.32 Å². The number of carboxylic acid groups (broad SMARTS) is 1. The molecule has 1 heterocycles. The lowest BCUT2D eigenvalue weighted by Crippen LogP contribution is -2.83. The van der Waals surface area contributed by atoms with Gasteiger partial charge in [0.05, 0.1) is 18.7 Å². The number of hydrogen-bond acceptors (Lipinski definition) is 6. The topological polar surface area (TPSA) is 166 Å². The third-order valence-corrected chi connectivity index (χ3v) is 3.37. The minimum Gasteiger partial charge on any atom is -0.544 e. The highest BCUT2D eigenvalue weighted by Gasteiger charge is 2.23. The van der Waals surface area contributed by atoms with Gasteiger partial charge in [0, 0.05) is 6.42 Å². The largest absolute Gasteiger partial charge is 0.544 e. The van der Waals surface area contributed by atoms with E-state index in [-0.39, 0.29) is 12.1 Å². The number of aliphatic imine (C=N–C) groups is 1. The van der Waals surface area contributed by atoms with Crippen LogP contribution in [0.25, 0.3) is 0 Å². The van der Waals surface area contributed by atoms with Gasteiger partial charge in [-0.3, -0.25) is 4.99 Å². The summed E-state index contributed by atoms with van der Waals surface area (Å²) in [5.41, 5.74) is 12.7. The molecular weight excluding hydrogens is 250 g/mol. The normalized spacial score (nSPS) is 23.3. The Morgan fingerprint density at radius 3 is 2.79 bits per heavy atom. The van der Waals surface area contributed by atoms with Crippen LogP contribution in [0.2, 0.25) is 0 Å². The molecule has 0 saturated heterocycles. The number of nitrogens with one attached hydrogen (secondary N) is 1. The van der Waals surface area contributed by atoms with E-state index >= 15 is 0 Å². The second-order valence-electron chi connectivity index (χ2n) is 5.07. The van der Waals surface area contributed by atoms with Gasteiger partial charge in [-0.15, -0.1) is 0 Å². The summed E-state index contributed by atoms with van der Waals surface area (Å²) in [5, 5.41) is 23.4. The molecule has 0 radical (unpaired) electrons. The zero-order chi connectivity index (χ0) is 14.4. The maximum Gasteiger partial charge on any atom is 0.188 e. The molecule has 1 unspecified atom stereocenters. The van der Waals surface area contributed by atoms with Crippen molar-refractivity contribution >= 4 is 11.9 Å². The Balaban J connectivity index is 2.13. The van der Waals surface area contributed by atoms with Gasteiger partial charge in [0.25, 0.3) is 0 Å². The maximum absolute atomic E-state index is 10.6. The number of hydrogen-bond donors (Lipinski definition) is 5. The molecule has 0 bridgehead atoms. The summed E-state index contributed by atoms with van der Waals surface area (Å²) in [7, 11) is 0. The molecule has 1 aliphatic rings. The lowest BCUT2D eigenvalue weighted by Gasteiger charge is -2.17. The van der Waals surface area contributed by atoms with E-state index in [2.05, 4.69) is 21.8 Å². The van der Waals surface area contributed by atoms with Crippen molar-refractivity contribution in [3.63, 3.8) is 0 Å². The summed E-state index contributed by atoms with van der Waals surface area (Å²) >= 11 is 0. The van der Waals surface area contributed by atoms with Crippen molar-refractivity contribution in [3.8, 4) is 0 Å². The van der Waals surface area contributed by atoms with E-state index in [1.165, 1.54) is 0 Å². The van der Waals surface area contributed by atoms with E-state index < -0.39 is 18.1 Å². The summed E-state index contributed by atoms with van der Waals surface area (Å²) in [6.45, 7) is 0.590. The Kier molecular flexibility index (Phi) is 6.00. The van der Waals surface area contributed by atoms with Gasteiger partial charge in [-0.2, -0.15) is 0 Å². The zero-order valence-electron chi connectivity index (χ0n) is 11.0. The Morgan fingerprint density at radius 1 is 1.58 bits per heavy atom. The summed E-state index contributed by atoms with van der Waals surface area (Å²) < 4.78 is 0. The van der Waals surface area contributed by atoms with Crippen LogP contribution in [0.3, 0.4) is 0 Å². The lowest BCUT2D eigenvalue weighted by atomic mass is 9.99. The van der Waals surface area contributed by atoms with Gasteiger partial charge in [0.15, 0.2) is 12.0 Å². The fourth-order valence-electron chi connectivity index (χ4n) is 2.10. The predicted molar refractivity (Wildman–Crippen MR) is 66.2 cm³/mol. The highest BCUT2D eigenvalue weighted by atomic mass is 16.4. The summed E-state index contributed by atoms with van der Waals surface area (Å²) in [4.78, 5) is 14.6. The number of aliphatic carboxylic acids is 1. The van der Waals surface area contributed by atoms with E-state index in [1.54, 1.807) is 0 Å². The maximum atomic E-state index is 10.6. The minimum atomic E-state index is -1.18. The first-order chi connectivity index (χ1) is 8.90. The van der Waals surface area contributed by atoms with E-state index in [4.69, 9.17) is 5.73 Å². The lowest BCUT2D eigenvalue weighted by molar-refractivity contribution is -0.529. The Labute approximate surface area is 112 Å². The number of rotatable bonds is 8. The Bertz CT molecular complexity index is 336. The fourth-order valence-corrected chi connectivity index (χ4v) is 2.10. The molecule has 19 heavy (non-hydrogen) atoms. The molecule has 0 spiro atoms. The van der Waals surface area contributed by atoms with Crippen LogP contribution >= 0.6 is 0 Å². The van der Waals surface area contributed by atoms with E-state index in [9.17, 15) is 15.0 Å².